The number of carbonyl (C=O) groups is 3. The first-order chi connectivity index (χ1) is 7.36. The van der Waals surface area contributed by atoms with Crippen LogP contribution in [0.5, 0.6) is 0 Å². The minimum atomic E-state index is -0.926. The maximum atomic E-state index is 10.3. The SMILES string of the molecule is C.C.CC(C=O)CC(=O)O.CC1CC(=O)OC1O. The van der Waals surface area contributed by atoms with Crippen LogP contribution < -0.4 is 0 Å². The molecule has 0 radical (unpaired) electrons. The number of esters is 1. The molecule has 0 bridgehead atoms. The summed E-state index contributed by atoms with van der Waals surface area (Å²) in [4.78, 5) is 29.9. The fraction of sp³-hybridized carbons (Fsp3) is 0.750. The Morgan fingerprint density at radius 3 is 2.17 bits per heavy atom. The normalized spacial score (nSPS) is 22.3. The number of carboxylic acid groups (broad SMARTS) is 1. The number of aliphatic hydroxyl groups excluding tert-OH is 1. The van der Waals surface area contributed by atoms with Crippen LogP contribution in [-0.4, -0.2) is 34.7 Å². The number of aliphatic carboxylic acids is 1. The van der Waals surface area contributed by atoms with Gasteiger partial charge in [0.1, 0.15) is 6.29 Å². The summed E-state index contributed by atoms with van der Waals surface area (Å²) in [6.07, 6.45) is 0.0567. The van der Waals surface area contributed by atoms with E-state index in [-0.39, 0.29) is 39.1 Å². The third-order valence-electron chi connectivity index (χ3n) is 1.96. The molecule has 1 heterocycles. The number of hydrogen-bond donors (Lipinski definition) is 2. The maximum Gasteiger partial charge on any atom is 0.308 e. The second-order valence-corrected chi connectivity index (χ2v) is 3.77. The Morgan fingerprint density at radius 1 is 1.56 bits per heavy atom. The molecular formula is C12H24O6. The van der Waals surface area contributed by atoms with Crippen molar-refractivity contribution in [3.63, 3.8) is 0 Å². The molecular weight excluding hydrogens is 240 g/mol. The van der Waals surface area contributed by atoms with Gasteiger partial charge >= 0.3 is 11.9 Å². The van der Waals surface area contributed by atoms with Crippen molar-refractivity contribution in [3.05, 3.63) is 0 Å². The fourth-order valence-corrected chi connectivity index (χ4v) is 0.986. The molecule has 6 heteroatoms. The quantitative estimate of drug-likeness (QED) is 0.591. The number of carbonyl (C=O) groups excluding carboxylic acids is 2. The van der Waals surface area contributed by atoms with E-state index < -0.39 is 12.3 Å². The van der Waals surface area contributed by atoms with Gasteiger partial charge in [0.2, 0.25) is 6.29 Å². The number of cyclic esters (lactones) is 1. The van der Waals surface area contributed by atoms with E-state index in [1.165, 1.54) is 0 Å². The van der Waals surface area contributed by atoms with Crippen molar-refractivity contribution in [1.29, 1.82) is 0 Å². The average molecular weight is 264 g/mol. The zero-order chi connectivity index (χ0) is 12.7. The third-order valence-corrected chi connectivity index (χ3v) is 1.96. The summed E-state index contributed by atoms with van der Waals surface area (Å²) in [5, 5.41) is 16.8. The topological polar surface area (TPSA) is 101 Å². The van der Waals surface area contributed by atoms with Crippen LogP contribution in [0, 0.1) is 11.8 Å². The van der Waals surface area contributed by atoms with Crippen molar-refractivity contribution in [1.82, 2.24) is 0 Å². The molecule has 1 saturated heterocycles. The highest BCUT2D eigenvalue weighted by Gasteiger charge is 2.28. The molecule has 2 N–H and O–H groups in total. The first-order valence-electron chi connectivity index (χ1n) is 4.91. The number of ether oxygens (including phenoxy) is 1. The van der Waals surface area contributed by atoms with Crippen molar-refractivity contribution in [2.75, 3.05) is 0 Å². The average Bonchev–Trinajstić information content (AvgIpc) is 2.44. The zero-order valence-electron chi connectivity index (χ0n) is 9.25. The van der Waals surface area contributed by atoms with Gasteiger partial charge in [0.15, 0.2) is 0 Å². The zero-order valence-corrected chi connectivity index (χ0v) is 9.25. The molecule has 1 fully saturated rings. The van der Waals surface area contributed by atoms with Crippen molar-refractivity contribution in [2.24, 2.45) is 11.8 Å². The van der Waals surface area contributed by atoms with Gasteiger partial charge in [0.05, 0.1) is 12.8 Å². The van der Waals surface area contributed by atoms with E-state index in [9.17, 15) is 14.4 Å². The lowest BCUT2D eigenvalue weighted by Gasteiger charge is -2.02. The van der Waals surface area contributed by atoms with Crippen LogP contribution in [0.2, 0.25) is 0 Å². The number of rotatable bonds is 3. The summed E-state index contributed by atoms with van der Waals surface area (Å²) in [5.74, 6) is -1.61. The summed E-state index contributed by atoms with van der Waals surface area (Å²) in [5.41, 5.74) is 0. The summed E-state index contributed by atoms with van der Waals surface area (Å²) < 4.78 is 4.39. The van der Waals surface area contributed by atoms with Gasteiger partial charge in [-0.25, -0.2) is 0 Å². The van der Waals surface area contributed by atoms with Gasteiger partial charge in [-0.05, 0) is 0 Å². The highest BCUT2D eigenvalue weighted by molar-refractivity contribution is 5.71. The molecule has 0 aromatic carbocycles. The van der Waals surface area contributed by atoms with Crippen LogP contribution in [0.1, 0.15) is 41.5 Å². The minimum Gasteiger partial charge on any atom is -0.481 e. The molecule has 0 aromatic heterocycles. The first-order valence-corrected chi connectivity index (χ1v) is 4.91. The Morgan fingerprint density at radius 2 is 2.06 bits per heavy atom. The van der Waals surface area contributed by atoms with E-state index in [0.717, 1.165) is 0 Å². The summed E-state index contributed by atoms with van der Waals surface area (Å²) in [7, 11) is 0. The van der Waals surface area contributed by atoms with E-state index >= 15 is 0 Å². The number of aldehydes is 1. The van der Waals surface area contributed by atoms with E-state index in [1.807, 2.05) is 0 Å². The van der Waals surface area contributed by atoms with Crippen LogP contribution in [-0.2, 0) is 19.1 Å². The first kappa shape index (κ1) is 21.8. The molecule has 0 spiro atoms. The molecule has 18 heavy (non-hydrogen) atoms. The van der Waals surface area contributed by atoms with Crippen LogP contribution in [0.15, 0.2) is 0 Å². The molecule has 0 aliphatic carbocycles. The Hall–Kier alpha value is -1.43. The van der Waals surface area contributed by atoms with Gasteiger partial charge in [-0.15, -0.1) is 0 Å². The number of carboxylic acids is 1. The van der Waals surface area contributed by atoms with Gasteiger partial charge in [0, 0.05) is 11.8 Å². The smallest absolute Gasteiger partial charge is 0.308 e. The van der Waals surface area contributed by atoms with Gasteiger partial charge in [-0.2, -0.15) is 0 Å². The largest absolute Gasteiger partial charge is 0.481 e. The molecule has 1 aliphatic rings. The van der Waals surface area contributed by atoms with E-state index in [4.69, 9.17) is 10.2 Å². The lowest BCUT2D eigenvalue weighted by molar-refractivity contribution is -0.155. The second-order valence-electron chi connectivity index (χ2n) is 3.77. The number of hydrogen-bond acceptors (Lipinski definition) is 5. The summed E-state index contributed by atoms with van der Waals surface area (Å²) >= 11 is 0. The molecule has 0 amide bonds. The van der Waals surface area contributed by atoms with Crippen molar-refractivity contribution >= 4 is 18.2 Å². The Labute approximate surface area is 108 Å². The predicted molar refractivity (Wildman–Crippen MR) is 66.8 cm³/mol. The van der Waals surface area contributed by atoms with E-state index in [2.05, 4.69) is 4.74 Å². The Kier molecular flexibility index (Phi) is 13.0. The Balaban J connectivity index is -0.000000225. The van der Waals surface area contributed by atoms with E-state index in [1.54, 1.807) is 13.8 Å². The molecule has 3 atom stereocenters. The van der Waals surface area contributed by atoms with Gasteiger partial charge in [0.25, 0.3) is 0 Å². The molecule has 0 saturated carbocycles. The highest BCUT2D eigenvalue weighted by atomic mass is 16.6. The van der Waals surface area contributed by atoms with Crippen LogP contribution >= 0.6 is 0 Å². The Bertz CT molecular complexity index is 251. The predicted octanol–water partition coefficient (Wildman–Crippen LogP) is 1.46. The van der Waals surface area contributed by atoms with Gasteiger partial charge < -0.3 is 19.7 Å². The standard InChI is InChI=1S/2C5H8O3.2CH4/c1-3-2-4(6)8-5(3)7;1-4(3-6)2-5(7)8;;/h3,5,7H,2H2,1H3;3-4H,2H2,1H3,(H,7,8);2*1H4. The lowest BCUT2D eigenvalue weighted by Crippen LogP contribution is -2.10. The minimum absolute atomic E-state index is 0. The van der Waals surface area contributed by atoms with Crippen molar-refractivity contribution < 1.29 is 29.3 Å². The van der Waals surface area contributed by atoms with Gasteiger partial charge in [-0.3, -0.25) is 9.59 Å². The molecule has 6 nitrogen and oxygen atoms in total. The lowest BCUT2D eigenvalue weighted by atomic mass is 10.1. The van der Waals surface area contributed by atoms with Crippen LogP contribution in [0.4, 0.5) is 0 Å². The van der Waals surface area contributed by atoms with E-state index in [0.29, 0.717) is 12.7 Å². The molecule has 108 valence electrons. The molecule has 0 aromatic rings. The molecule has 1 rings (SSSR count). The summed E-state index contributed by atoms with van der Waals surface area (Å²) in [6, 6.07) is 0. The van der Waals surface area contributed by atoms with Crippen molar-refractivity contribution in [3.8, 4) is 0 Å². The second kappa shape index (κ2) is 10.7. The molecule has 3 unspecified atom stereocenters. The highest BCUT2D eigenvalue weighted by Crippen LogP contribution is 2.18. The maximum absolute atomic E-state index is 10.3. The van der Waals surface area contributed by atoms with Crippen molar-refractivity contribution in [2.45, 2.75) is 47.8 Å². The van der Waals surface area contributed by atoms with Crippen LogP contribution in [0.25, 0.3) is 0 Å². The number of aliphatic hydroxyl groups is 1. The van der Waals surface area contributed by atoms with Gasteiger partial charge in [-0.1, -0.05) is 28.7 Å². The molecule has 1 aliphatic heterocycles. The fourth-order valence-electron chi connectivity index (χ4n) is 0.986. The monoisotopic (exact) mass is 264 g/mol. The van der Waals surface area contributed by atoms with Crippen LogP contribution in [0.3, 0.4) is 0 Å². The third kappa shape index (κ3) is 9.77. The summed E-state index contributed by atoms with van der Waals surface area (Å²) in [6.45, 7) is 3.34.